The van der Waals surface area contributed by atoms with E-state index in [4.69, 9.17) is 9.15 Å². The molecule has 8 nitrogen and oxygen atoms in total. The maximum absolute atomic E-state index is 12.7. The van der Waals surface area contributed by atoms with E-state index in [0.717, 1.165) is 4.31 Å². The minimum atomic E-state index is -3.53. The summed E-state index contributed by atoms with van der Waals surface area (Å²) in [5, 5.41) is 0. The summed E-state index contributed by atoms with van der Waals surface area (Å²) in [6.07, 6.45) is 0.413. The number of hydrogen-bond donors (Lipinski definition) is 0. The van der Waals surface area contributed by atoms with Gasteiger partial charge in [0.15, 0.2) is 0 Å². The second kappa shape index (κ2) is 7.76. The van der Waals surface area contributed by atoms with Crippen molar-refractivity contribution in [1.82, 2.24) is 9.21 Å². The molecule has 0 saturated carbocycles. The van der Waals surface area contributed by atoms with Gasteiger partial charge in [0.25, 0.3) is 5.91 Å². The van der Waals surface area contributed by atoms with E-state index >= 15 is 0 Å². The minimum Gasteiger partial charge on any atom is -0.488 e. The monoisotopic (exact) mass is 406 g/mol. The van der Waals surface area contributed by atoms with Crippen LogP contribution in [0.15, 0.2) is 50.5 Å². The normalized spacial score (nSPS) is 17.1. The molecule has 1 aromatic carbocycles. The second-order valence-electron chi connectivity index (χ2n) is 6.81. The molecule has 0 N–H and O–H groups in total. The summed E-state index contributed by atoms with van der Waals surface area (Å²) in [7, 11) is -0.623. The third-order valence-corrected chi connectivity index (χ3v) is 6.31. The van der Waals surface area contributed by atoms with Gasteiger partial charge in [0.05, 0.1) is 17.5 Å². The molecule has 2 aromatic rings. The van der Waals surface area contributed by atoms with Crippen LogP contribution >= 0.6 is 0 Å². The third kappa shape index (κ3) is 4.26. The molecule has 9 heteroatoms. The molecule has 28 heavy (non-hydrogen) atoms. The first kappa shape index (κ1) is 20.1. The van der Waals surface area contributed by atoms with Gasteiger partial charge in [-0.25, -0.2) is 17.5 Å². The lowest BCUT2D eigenvalue weighted by molar-refractivity contribution is 0.0772. The number of carbonyl (C=O) groups excluding carboxylic acids is 1. The summed E-state index contributed by atoms with van der Waals surface area (Å²) in [5.74, 6) is 0.691. The molecule has 1 aromatic heterocycles. The van der Waals surface area contributed by atoms with Crippen LogP contribution in [0.4, 0.5) is 0 Å². The van der Waals surface area contributed by atoms with Crippen LogP contribution in [0.2, 0.25) is 0 Å². The van der Waals surface area contributed by atoms with Crippen LogP contribution in [-0.4, -0.2) is 56.8 Å². The molecule has 2 heterocycles. The van der Waals surface area contributed by atoms with Crippen LogP contribution < -0.4 is 10.4 Å². The van der Waals surface area contributed by atoms with Crippen molar-refractivity contribution in [3.8, 4) is 5.75 Å². The van der Waals surface area contributed by atoms with Crippen molar-refractivity contribution in [2.24, 2.45) is 0 Å². The van der Waals surface area contributed by atoms with E-state index in [2.05, 4.69) is 0 Å². The quantitative estimate of drug-likeness (QED) is 0.746. The Hall–Kier alpha value is -2.65. The van der Waals surface area contributed by atoms with E-state index in [1.807, 2.05) is 0 Å². The molecule has 0 spiro atoms. The fourth-order valence-corrected chi connectivity index (χ4v) is 3.91. The lowest BCUT2D eigenvalue weighted by Gasteiger charge is -2.18. The van der Waals surface area contributed by atoms with Crippen molar-refractivity contribution in [2.75, 3.05) is 27.2 Å². The van der Waals surface area contributed by atoms with Gasteiger partial charge in [-0.15, -0.1) is 0 Å². The highest BCUT2D eigenvalue weighted by Gasteiger charge is 2.29. The summed E-state index contributed by atoms with van der Waals surface area (Å²) in [6, 6.07) is 8.80. The maximum atomic E-state index is 12.7. The van der Waals surface area contributed by atoms with Gasteiger partial charge in [0.1, 0.15) is 17.6 Å². The molecule has 1 saturated heterocycles. The van der Waals surface area contributed by atoms with Crippen molar-refractivity contribution in [2.45, 2.75) is 24.3 Å². The van der Waals surface area contributed by atoms with Crippen LogP contribution in [0, 0.1) is 6.92 Å². The van der Waals surface area contributed by atoms with Crippen LogP contribution in [0.5, 0.6) is 5.75 Å². The number of benzene rings is 1. The number of hydrogen-bond acceptors (Lipinski definition) is 6. The fraction of sp³-hybridized carbons (Fsp3) is 0.368. The summed E-state index contributed by atoms with van der Waals surface area (Å²) in [5.41, 5.74) is -0.0664. The molecule has 1 aliphatic heterocycles. The largest absolute Gasteiger partial charge is 0.488 e. The smallest absolute Gasteiger partial charge is 0.339 e. The Morgan fingerprint density at radius 1 is 1.21 bits per heavy atom. The van der Waals surface area contributed by atoms with Gasteiger partial charge >= 0.3 is 5.63 Å². The van der Waals surface area contributed by atoms with E-state index in [-0.39, 0.29) is 16.9 Å². The number of rotatable bonds is 5. The van der Waals surface area contributed by atoms with Gasteiger partial charge in [-0.1, -0.05) is 0 Å². The van der Waals surface area contributed by atoms with Crippen molar-refractivity contribution >= 4 is 15.9 Å². The van der Waals surface area contributed by atoms with Crippen molar-refractivity contribution in [3.63, 3.8) is 0 Å². The van der Waals surface area contributed by atoms with Crippen LogP contribution in [-0.2, 0) is 10.0 Å². The second-order valence-corrected chi connectivity index (χ2v) is 8.97. The number of aryl methyl sites for hydroxylation is 1. The lowest BCUT2D eigenvalue weighted by Crippen LogP contribution is -2.31. The topological polar surface area (TPSA) is 97.1 Å². The lowest BCUT2D eigenvalue weighted by atomic mass is 10.2. The summed E-state index contributed by atoms with van der Waals surface area (Å²) < 4.78 is 36.1. The number of carbonyl (C=O) groups is 1. The zero-order chi connectivity index (χ0) is 20.5. The number of nitrogens with zero attached hydrogens (tertiary/aromatic N) is 2. The highest BCUT2D eigenvalue weighted by Crippen LogP contribution is 2.21. The Balaban J connectivity index is 1.66. The molecule has 1 fully saturated rings. The van der Waals surface area contributed by atoms with Gasteiger partial charge in [0, 0.05) is 38.7 Å². The van der Waals surface area contributed by atoms with Gasteiger partial charge in [-0.05, 0) is 31.2 Å². The Morgan fingerprint density at radius 2 is 1.89 bits per heavy atom. The molecule has 1 unspecified atom stereocenters. The molecule has 3 rings (SSSR count). The zero-order valence-corrected chi connectivity index (χ0v) is 16.7. The van der Waals surface area contributed by atoms with E-state index < -0.39 is 15.6 Å². The molecular formula is C19H22N2O6S. The SMILES string of the molecule is Cc1cc(OC2CCN(C(=O)c3ccc(S(=O)(=O)N(C)C)cc3)C2)cc(=O)o1. The number of amides is 1. The molecule has 0 radical (unpaired) electrons. The van der Waals surface area contributed by atoms with Crippen LogP contribution in [0.3, 0.4) is 0 Å². The first-order valence-corrected chi connectivity index (χ1v) is 10.2. The van der Waals surface area contributed by atoms with E-state index in [1.165, 1.54) is 44.4 Å². The average Bonchev–Trinajstić information content (AvgIpc) is 3.08. The molecule has 1 amide bonds. The Kier molecular flexibility index (Phi) is 5.57. The number of sulfonamides is 1. The van der Waals surface area contributed by atoms with E-state index in [1.54, 1.807) is 17.9 Å². The summed E-state index contributed by atoms with van der Waals surface area (Å²) in [4.78, 5) is 25.9. The van der Waals surface area contributed by atoms with Gasteiger partial charge in [-0.2, -0.15) is 0 Å². The Morgan fingerprint density at radius 3 is 2.50 bits per heavy atom. The highest BCUT2D eigenvalue weighted by atomic mass is 32.2. The molecular weight excluding hydrogens is 384 g/mol. The first-order valence-electron chi connectivity index (χ1n) is 8.77. The van der Waals surface area contributed by atoms with Crippen LogP contribution in [0.25, 0.3) is 0 Å². The van der Waals surface area contributed by atoms with Crippen molar-refractivity contribution in [3.05, 3.63) is 58.1 Å². The summed E-state index contributed by atoms with van der Waals surface area (Å²) in [6.45, 7) is 2.57. The summed E-state index contributed by atoms with van der Waals surface area (Å²) >= 11 is 0. The molecule has 0 aliphatic carbocycles. The van der Waals surface area contributed by atoms with Gasteiger partial charge in [-0.3, -0.25) is 4.79 Å². The zero-order valence-electron chi connectivity index (χ0n) is 15.9. The van der Waals surface area contributed by atoms with Gasteiger partial charge in [0.2, 0.25) is 10.0 Å². The first-order chi connectivity index (χ1) is 13.2. The van der Waals surface area contributed by atoms with Gasteiger partial charge < -0.3 is 14.1 Å². The average molecular weight is 406 g/mol. The highest BCUT2D eigenvalue weighted by molar-refractivity contribution is 7.89. The standard InChI is InChI=1S/C19H22N2O6S/c1-13-10-16(11-18(22)26-13)27-15-8-9-21(12-15)19(23)14-4-6-17(7-5-14)28(24,25)20(2)3/h4-7,10-11,15H,8-9,12H2,1-3H3. The molecule has 0 bridgehead atoms. The fourth-order valence-electron chi connectivity index (χ4n) is 3.01. The predicted molar refractivity (Wildman–Crippen MR) is 102 cm³/mol. The van der Waals surface area contributed by atoms with Crippen molar-refractivity contribution in [1.29, 1.82) is 0 Å². The molecule has 1 aliphatic rings. The Bertz CT molecular complexity index is 1030. The molecule has 1 atom stereocenters. The Labute approximate surface area is 163 Å². The number of likely N-dealkylation sites (tertiary alicyclic amines) is 1. The van der Waals surface area contributed by atoms with Crippen LogP contribution in [0.1, 0.15) is 22.5 Å². The third-order valence-electron chi connectivity index (χ3n) is 4.48. The van der Waals surface area contributed by atoms with Crippen molar-refractivity contribution < 1.29 is 22.4 Å². The maximum Gasteiger partial charge on any atom is 0.339 e. The number of ether oxygens (including phenoxy) is 1. The van der Waals surface area contributed by atoms with E-state index in [0.29, 0.717) is 36.6 Å². The van der Waals surface area contributed by atoms with E-state index in [9.17, 15) is 18.0 Å². The molecule has 150 valence electrons. The predicted octanol–water partition coefficient (Wildman–Crippen LogP) is 1.49. The minimum absolute atomic E-state index is 0.134.